The lowest BCUT2D eigenvalue weighted by molar-refractivity contribution is -0.140. The molecule has 0 radical (unpaired) electrons. The van der Waals surface area contributed by atoms with Gasteiger partial charge >= 0.3 is 5.97 Å². The first-order valence-corrected chi connectivity index (χ1v) is 5.51. The summed E-state index contributed by atoms with van der Waals surface area (Å²) >= 11 is 0. The van der Waals surface area contributed by atoms with Gasteiger partial charge in [-0.15, -0.1) is 24.0 Å². The van der Waals surface area contributed by atoms with Crippen LogP contribution in [0.3, 0.4) is 0 Å². The zero-order chi connectivity index (χ0) is 13.3. The molecule has 18 heavy (non-hydrogen) atoms. The van der Waals surface area contributed by atoms with Crippen molar-refractivity contribution in [2.45, 2.75) is 25.9 Å². The zero-order valence-electron chi connectivity index (χ0n) is 11.7. The van der Waals surface area contributed by atoms with Crippen LogP contribution >= 0.6 is 24.0 Å². The second-order valence-corrected chi connectivity index (χ2v) is 4.14. The number of carbonyl (C=O) groups excluding carboxylic acids is 1. The summed E-state index contributed by atoms with van der Waals surface area (Å²) in [6.45, 7) is 5.06. The van der Waals surface area contributed by atoms with E-state index in [1.165, 1.54) is 7.11 Å². The van der Waals surface area contributed by atoms with Crippen LogP contribution in [0.15, 0.2) is 4.99 Å². The number of ether oxygens (including phenoxy) is 2. The van der Waals surface area contributed by atoms with Crippen LogP contribution in [0.1, 0.15) is 20.3 Å². The van der Waals surface area contributed by atoms with E-state index >= 15 is 0 Å². The number of rotatable bonds is 6. The quantitative estimate of drug-likeness (QED) is 0.311. The fourth-order valence-corrected chi connectivity index (χ4v) is 0.974. The lowest BCUT2D eigenvalue weighted by Crippen LogP contribution is -2.45. The highest BCUT2D eigenvalue weighted by Gasteiger charge is 2.16. The number of nitrogens with zero attached hydrogens (tertiary/aromatic N) is 1. The summed E-state index contributed by atoms with van der Waals surface area (Å²) in [4.78, 5) is 14.9. The minimum Gasteiger partial charge on any atom is -0.469 e. The van der Waals surface area contributed by atoms with Crippen molar-refractivity contribution in [2.24, 2.45) is 4.99 Å². The van der Waals surface area contributed by atoms with Gasteiger partial charge in [0.15, 0.2) is 5.96 Å². The Bertz CT molecular complexity index is 270. The number of guanidine groups is 1. The van der Waals surface area contributed by atoms with E-state index in [0.717, 1.165) is 0 Å². The Morgan fingerprint density at radius 1 is 1.28 bits per heavy atom. The average Bonchev–Trinajstić information content (AvgIpc) is 2.33. The highest BCUT2D eigenvalue weighted by molar-refractivity contribution is 14.0. The highest BCUT2D eigenvalue weighted by atomic mass is 127. The van der Waals surface area contributed by atoms with Gasteiger partial charge in [-0.3, -0.25) is 9.79 Å². The largest absolute Gasteiger partial charge is 0.469 e. The molecule has 0 aromatic carbocycles. The van der Waals surface area contributed by atoms with Crippen molar-refractivity contribution in [2.75, 3.05) is 34.4 Å². The number of methoxy groups -OCH3 is 2. The van der Waals surface area contributed by atoms with Gasteiger partial charge in [0.05, 0.1) is 19.1 Å². The van der Waals surface area contributed by atoms with Crippen molar-refractivity contribution in [1.82, 2.24) is 10.6 Å². The fourth-order valence-electron chi connectivity index (χ4n) is 0.974. The molecule has 6 nitrogen and oxygen atoms in total. The van der Waals surface area contributed by atoms with E-state index < -0.39 is 0 Å². The minimum absolute atomic E-state index is 0. The summed E-state index contributed by atoms with van der Waals surface area (Å²) in [5.74, 6) is 0.393. The normalized spacial score (nSPS) is 11.5. The Morgan fingerprint density at radius 2 is 1.89 bits per heavy atom. The molecular weight excluding hydrogens is 349 g/mol. The van der Waals surface area contributed by atoms with Crippen LogP contribution in [0.4, 0.5) is 0 Å². The third kappa shape index (κ3) is 9.46. The van der Waals surface area contributed by atoms with Crippen LogP contribution in [0.2, 0.25) is 0 Å². The Kier molecular flexibility index (Phi) is 11.4. The van der Waals surface area contributed by atoms with E-state index in [-0.39, 0.29) is 35.5 Å². The molecule has 0 unspecified atom stereocenters. The molecule has 0 aliphatic carbocycles. The van der Waals surface area contributed by atoms with Crippen LogP contribution < -0.4 is 10.6 Å². The van der Waals surface area contributed by atoms with Crippen molar-refractivity contribution >= 4 is 35.9 Å². The van der Waals surface area contributed by atoms with Gasteiger partial charge in [-0.25, -0.2) is 0 Å². The van der Waals surface area contributed by atoms with Gasteiger partial charge in [0.2, 0.25) is 0 Å². The first-order chi connectivity index (χ1) is 7.95. The summed E-state index contributed by atoms with van der Waals surface area (Å²) in [7, 11) is 4.71. The maximum Gasteiger partial charge on any atom is 0.307 e. The molecule has 0 aromatic heterocycles. The minimum atomic E-state index is -0.264. The van der Waals surface area contributed by atoms with Crippen LogP contribution in [-0.4, -0.2) is 51.9 Å². The van der Waals surface area contributed by atoms with Gasteiger partial charge < -0.3 is 20.1 Å². The van der Waals surface area contributed by atoms with Crippen molar-refractivity contribution in [3.05, 3.63) is 0 Å². The first kappa shape index (κ1) is 19.8. The number of hydrogen-bond acceptors (Lipinski definition) is 4. The van der Waals surface area contributed by atoms with E-state index in [4.69, 9.17) is 4.74 Å². The number of carbonyl (C=O) groups is 1. The van der Waals surface area contributed by atoms with Crippen LogP contribution in [0.5, 0.6) is 0 Å². The van der Waals surface area contributed by atoms with Gasteiger partial charge in [-0.05, 0) is 13.8 Å². The third-order valence-corrected chi connectivity index (χ3v) is 2.31. The maximum absolute atomic E-state index is 10.9. The van der Waals surface area contributed by atoms with Gasteiger partial charge in [-0.2, -0.15) is 0 Å². The maximum atomic E-state index is 10.9. The first-order valence-electron chi connectivity index (χ1n) is 5.51. The Morgan fingerprint density at radius 3 is 2.33 bits per heavy atom. The standard InChI is InChI=1S/C11H23N3O3.HI/c1-11(2,17-5)8-14-10(12-3)13-7-6-9(15)16-4;/h6-8H2,1-5H3,(H2,12,13,14);1H. The fraction of sp³-hybridized carbons (Fsp3) is 0.818. The smallest absolute Gasteiger partial charge is 0.307 e. The molecule has 0 aliphatic rings. The molecule has 0 amide bonds. The van der Waals surface area contributed by atoms with Crippen LogP contribution in [0.25, 0.3) is 0 Å². The van der Waals surface area contributed by atoms with E-state index in [1.807, 2.05) is 13.8 Å². The van der Waals surface area contributed by atoms with Crippen molar-refractivity contribution in [3.8, 4) is 0 Å². The predicted molar refractivity (Wildman–Crippen MR) is 82.5 cm³/mol. The Hall–Kier alpha value is -0.570. The molecule has 7 heteroatoms. The Labute approximate surface area is 126 Å². The molecule has 0 saturated carbocycles. The molecule has 2 N–H and O–H groups in total. The predicted octanol–water partition coefficient (Wildman–Crippen LogP) is 0.757. The van der Waals surface area contributed by atoms with Crippen molar-refractivity contribution < 1.29 is 14.3 Å². The van der Waals surface area contributed by atoms with Crippen LogP contribution in [-0.2, 0) is 14.3 Å². The van der Waals surface area contributed by atoms with E-state index in [1.54, 1.807) is 14.2 Å². The summed E-state index contributed by atoms with van der Waals surface area (Å²) in [5, 5.41) is 6.13. The van der Waals surface area contributed by atoms with Crippen LogP contribution in [0, 0.1) is 0 Å². The third-order valence-electron chi connectivity index (χ3n) is 2.31. The summed E-state index contributed by atoms with van der Waals surface area (Å²) in [6, 6.07) is 0. The number of halogens is 1. The average molecular weight is 373 g/mol. The summed E-state index contributed by atoms with van der Waals surface area (Å²) in [6.07, 6.45) is 0.310. The van der Waals surface area contributed by atoms with Gasteiger partial charge in [0.25, 0.3) is 0 Å². The van der Waals surface area contributed by atoms with Gasteiger partial charge in [0, 0.05) is 27.2 Å². The van der Waals surface area contributed by atoms with Crippen molar-refractivity contribution in [1.29, 1.82) is 0 Å². The lowest BCUT2D eigenvalue weighted by Gasteiger charge is -2.24. The van der Waals surface area contributed by atoms with Gasteiger partial charge in [0.1, 0.15) is 0 Å². The molecule has 0 aromatic rings. The number of aliphatic imine (C=N–C) groups is 1. The molecule has 0 aliphatic heterocycles. The van der Waals surface area contributed by atoms with Gasteiger partial charge in [-0.1, -0.05) is 0 Å². The lowest BCUT2D eigenvalue weighted by atomic mass is 10.1. The molecule has 108 valence electrons. The van der Waals surface area contributed by atoms with E-state index in [0.29, 0.717) is 25.5 Å². The molecular formula is C11H24IN3O3. The molecule has 0 saturated heterocycles. The molecule has 0 fully saturated rings. The molecule has 0 spiro atoms. The summed E-state index contributed by atoms with van der Waals surface area (Å²) in [5.41, 5.74) is -0.264. The van der Waals surface area contributed by atoms with E-state index in [2.05, 4.69) is 20.4 Å². The molecule has 0 heterocycles. The molecule has 0 atom stereocenters. The van der Waals surface area contributed by atoms with Crippen molar-refractivity contribution in [3.63, 3.8) is 0 Å². The second kappa shape index (κ2) is 10.4. The SMILES string of the molecule is CN=C(NCCC(=O)OC)NCC(C)(C)OC.I. The number of hydrogen-bond donors (Lipinski definition) is 2. The molecule has 0 rings (SSSR count). The number of nitrogens with one attached hydrogen (secondary N) is 2. The highest BCUT2D eigenvalue weighted by Crippen LogP contribution is 2.04. The zero-order valence-corrected chi connectivity index (χ0v) is 14.0. The second-order valence-electron chi connectivity index (χ2n) is 4.14. The summed E-state index contributed by atoms with van der Waals surface area (Å²) < 4.78 is 9.81. The monoisotopic (exact) mass is 373 g/mol. The molecule has 0 bridgehead atoms. The number of esters is 1. The Balaban J connectivity index is 0. The van der Waals surface area contributed by atoms with E-state index in [9.17, 15) is 4.79 Å². The topological polar surface area (TPSA) is 72.0 Å².